The molecule has 0 amide bonds. The highest BCUT2D eigenvalue weighted by molar-refractivity contribution is 7.07. The molecule has 152 valence electrons. The van der Waals surface area contributed by atoms with Gasteiger partial charge in [-0.2, -0.15) is 5.10 Å². The van der Waals surface area contributed by atoms with Crippen molar-refractivity contribution in [2.45, 2.75) is 33.7 Å². The van der Waals surface area contributed by atoms with Gasteiger partial charge >= 0.3 is 0 Å². The van der Waals surface area contributed by atoms with Crippen molar-refractivity contribution in [3.05, 3.63) is 63.3 Å². The lowest BCUT2D eigenvalue weighted by Gasteiger charge is -2.11. The molecular formula is C23H27N3O2S. The van der Waals surface area contributed by atoms with Crippen LogP contribution in [0.5, 0.6) is 11.5 Å². The van der Waals surface area contributed by atoms with Crippen LogP contribution in [0.15, 0.2) is 51.9 Å². The second-order valence-electron chi connectivity index (χ2n) is 7.11. The maximum atomic E-state index is 5.60. The van der Waals surface area contributed by atoms with Gasteiger partial charge in [0.2, 0.25) is 4.80 Å². The summed E-state index contributed by atoms with van der Waals surface area (Å²) < 4.78 is 12.9. The molecule has 3 aromatic rings. The smallest absolute Gasteiger partial charge is 0.206 e. The minimum absolute atomic E-state index is 0.163. The lowest BCUT2D eigenvalue weighted by atomic mass is 10.1. The largest absolute Gasteiger partial charge is 0.497 e. The van der Waals surface area contributed by atoms with Crippen molar-refractivity contribution < 1.29 is 9.47 Å². The molecule has 1 heterocycles. The predicted octanol–water partition coefficient (Wildman–Crippen LogP) is 5.04. The third-order valence-electron chi connectivity index (χ3n) is 4.48. The van der Waals surface area contributed by atoms with Crippen LogP contribution in [-0.2, 0) is 0 Å². The van der Waals surface area contributed by atoms with E-state index in [9.17, 15) is 0 Å². The van der Waals surface area contributed by atoms with Gasteiger partial charge in [-0.1, -0.05) is 23.8 Å². The van der Waals surface area contributed by atoms with E-state index >= 15 is 0 Å². The van der Waals surface area contributed by atoms with Crippen LogP contribution in [0.2, 0.25) is 0 Å². The van der Waals surface area contributed by atoms with Crippen molar-refractivity contribution in [3.8, 4) is 22.8 Å². The molecule has 0 bridgehead atoms. The Labute approximate surface area is 176 Å². The first-order valence-corrected chi connectivity index (χ1v) is 10.4. The van der Waals surface area contributed by atoms with Gasteiger partial charge in [0.25, 0.3) is 0 Å². The summed E-state index contributed by atoms with van der Waals surface area (Å²) in [6.45, 7) is 8.29. The normalized spacial score (nSPS) is 12.2. The Balaban J connectivity index is 2.19. The number of rotatable bonds is 6. The van der Waals surface area contributed by atoms with Gasteiger partial charge in [-0.15, -0.1) is 11.3 Å². The lowest BCUT2D eigenvalue weighted by molar-refractivity contribution is 0.404. The standard InChI is InChI=1S/C23H27N3O2S/c1-15(2)25-23-26(24-13-18-11-16(3)7-8-17(18)4)21(14-29-23)20-12-19(27-5)9-10-22(20)28-6/h7-15H,1-6H3. The Morgan fingerprint density at radius 1 is 1.03 bits per heavy atom. The molecule has 0 aliphatic heterocycles. The summed E-state index contributed by atoms with van der Waals surface area (Å²) in [6, 6.07) is 12.3. The van der Waals surface area contributed by atoms with E-state index < -0.39 is 0 Å². The van der Waals surface area contributed by atoms with Crippen LogP contribution in [0.25, 0.3) is 11.3 Å². The van der Waals surface area contributed by atoms with E-state index in [1.54, 1.807) is 25.6 Å². The van der Waals surface area contributed by atoms with Crippen LogP contribution >= 0.6 is 11.3 Å². The average molecular weight is 410 g/mol. The van der Waals surface area contributed by atoms with Crippen molar-refractivity contribution in [2.24, 2.45) is 10.1 Å². The fourth-order valence-electron chi connectivity index (χ4n) is 2.94. The van der Waals surface area contributed by atoms with Crippen LogP contribution in [-0.4, -0.2) is 31.2 Å². The number of nitrogens with zero attached hydrogens (tertiary/aromatic N) is 3. The maximum Gasteiger partial charge on any atom is 0.206 e. The van der Waals surface area contributed by atoms with Crippen LogP contribution in [0.3, 0.4) is 0 Å². The maximum absolute atomic E-state index is 5.60. The van der Waals surface area contributed by atoms with Gasteiger partial charge in [-0.05, 0) is 57.0 Å². The summed E-state index contributed by atoms with van der Waals surface area (Å²) in [5.41, 5.74) is 5.29. The summed E-state index contributed by atoms with van der Waals surface area (Å²) in [4.78, 5) is 5.59. The molecule has 3 rings (SSSR count). The molecule has 0 spiro atoms. The molecule has 0 saturated heterocycles. The molecule has 0 N–H and O–H groups in total. The molecule has 5 nitrogen and oxygen atoms in total. The number of methoxy groups -OCH3 is 2. The molecular weight excluding hydrogens is 382 g/mol. The number of benzene rings is 2. The first-order valence-electron chi connectivity index (χ1n) is 9.51. The summed E-state index contributed by atoms with van der Waals surface area (Å²) >= 11 is 1.56. The summed E-state index contributed by atoms with van der Waals surface area (Å²) in [7, 11) is 3.33. The van der Waals surface area contributed by atoms with Crippen LogP contribution in [0, 0.1) is 13.8 Å². The molecule has 2 aromatic carbocycles. The Bertz CT molecular complexity index is 1090. The highest BCUT2D eigenvalue weighted by atomic mass is 32.1. The van der Waals surface area contributed by atoms with Gasteiger partial charge in [0.15, 0.2) is 0 Å². The SMILES string of the molecule is COc1ccc(OC)c(-c2csc(=NC(C)C)n2N=Cc2cc(C)ccc2C)c1. The lowest BCUT2D eigenvalue weighted by Crippen LogP contribution is -2.14. The molecule has 0 fully saturated rings. The first-order chi connectivity index (χ1) is 13.9. The molecule has 0 saturated carbocycles. The van der Waals surface area contributed by atoms with Crippen molar-refractivity contribution in [1.29, 1.82) is 0 Å². The summed E-state index contributed by atoms with van der Waals surface area (Å²) in [5, 5.41) is 6.87. The Morgan fingerprint density at radius 3 is 2.52 bits per heavy atom. The third kappa shape index (κ3) is 4.77. The highest BCUT2D eigenvalue weighted by Crippen LogP contribution is 2.33. The van der Waals surface area contributed by atoms with Gasteiger partial charge in [0.1, 0.15) is 11.5 Å². The minimum atomic E-state index is 0.163. The van der Waals surface area contributed by atoms with Gasteiger partial charge < -0.3 is 9.47 Å². The first kappa shape index (κ1) is 20.9. The zero-order chi connectivity index (χ0) is 21.0. The fourth-order valence-corrected chi connectivity index (χ4v) is 3.90. The molecule has 0 radical (unpaired) electrons. The molecule has 29 heavy (non-hydrogen) atoms. The number of thiazole rings is 1. The van der Waals surface area contributed by atoms with Gasteiger partial charge in [0.05, 0.1) is 26.1 Å². The number of aryl methyl sites for hydroxylation is 2. The molecule has 0 atom stereocenters. The predicted molar refractivity (Wildman–Crippen MR) is 120 cm³/mol. The van der Waals surface area contributed by atoms with E-state index in [-0.39, 0.29) is 6.04 Å². The van der Waals surface area contributed by atoms with Crippen molar-refractivity contribution in [1.82, 2.24) is 4.68 Å². The second kappa shape index (κ2) is 9.09. The average Bonchev–Trinajstić information content (AvgIpc) is 3.09. The third-order valence-corrected chi connectivity index (χ3v) is 5.31. The fraction of sp³-hybridized carbons (Fsp3) is 0.304. The highest BCUT2D eigenvalue weighted by Gasteiger charge is 2.14. The van der Waals surface area contributed by atoms with Crippen molar-refractivity contribution in [2.75, 3.05) is 14.2 Å². The van der Waals surface area contributed by atoms with Gasteiger partial charge in [-0.25, -0.2) is 4.68 Å². The Hall–Kier alpha value is -2.86. The zero-order valence-electron chi connectivity index (χ0n) is 17.8. The van der Waals surface area contributed by atoms with Crippen LogP contribution < -0.4 is 14.3 Å². The molecule has 1 aromatic heterocycles. The second-order valence-corrected chi connectivity index (χ2v) is 7.95. The Morgan fingerprint density at radius 2 is 1.83 bits per heavy atom. The quantitative estimate of drug-likeness (QED) is 0.535. The molecule has 0 aliphatic rings. The van der Waals surface area contributed by atoms with E-state index in [0.29, 0.717) is 0 Å². The number of hydrogen-bond donors (Lipinski definition) is 0. The molecule has 6 heteroatoms. The summed E-state index contributed by atoms with van der Waals surface area (Å²) in [5.74, 6) is 1.52. The van der Waals surface area contributed by atoms with Gasteiger partial charge in [0, 0.05) is 17.0 Å². The van der Waals surface area contributed by atoms with E-state index in [4.69, 9.17) is 19.6 Å². The summed E-state index contributed by atoms with van der Waals surface area (Å²) in [6.07, 6.45) is 1.89. The van der Waals surface area contributed by atoms with Crippen molar-refractivity contribution in [3.63, 3.8) is 0 Å². The van der Waals surface area contributed by atoms with E-state index in [2.05, 4.69) is 51.3 Å². The number of aromatic nitrogens is 1. The minimum Gasteiger partial charge on any atom is -0.497 e. The van der Waals surface area contributed by atoms with E-state index in [1.165, 1.54) is 11.1 Å². The van der Waals surface area contributed by atoms with Crippen molar-refractivity contribution >= 4 is 17.6 Å². The zero-order valence-corrected chi connectivity index (χ0v) is 18.6. The van der Waals surface area contributed by atoms with E-state index in [0.717, 1.165) is 33.1 Å². The number of hydrogen-bond acceptors (Lipinski definition) is 5. The number of ether oxygens (including phenoxy) is 2. The van der Waals surface area contributed by atoms with Gasteiger partial charge in [-0.3, -0.25) is 4.99 Å². The molecule has 0 unspecified atom stereocenters. The van der Waals surface area contributed by atoms with Crippen LogP contribution in [0.4, 0.5) is 0 Å². The molecule has 0 aliphatic carbocycles. The van der Waals surface area contributed by atoms with E-state index in [1.807, 2.05) is 29.1 Å². The topological polar surface area (TPSA) is 48.1 Å². The Kier molecular flexibility index (Phi) is 6.54. The monoisotopic (exact) mass is 409 g/mol. The van der Waals surface area contributed by atoms with Crippen LogP contribution in [0.1, 0.15) is 30.5 Å².